The topological polar surface area (TPSA) is 50.2 Å². The maximum Gasteiger partial charge on any atom is 0.283 e. The van der Waals surface area contributed by atoms with Crippen LogP contribution in [0.5, 0.6) is 0 Å². The highest BCUT2D eigenvalue weighted by atomic mass is 79.9. The van der Waals surface area contributed by atoms with Crippen molar-refractivity contribution in [2.75, 3.05) is 31.5 Å². The molecule has 0 aromatic carbocycles. The molecule has 1 N–H and O–H groups in total. The SMILES string of the molecule is CCCN(CC)CCNc1cnn(CC(C)C)c(=O)c1Br. The summed E-state index contributed by atoms with van der Waals surface area (Å²) < 4.78 is 2.08. The zero-order valence-electron chi connectivity index (χ0n) is 13.5. The van der Waals surface area contributed by atoms with E-state index in [9.17, 15) is 4.79 Å². The fourth-order valence-electron chi connectivity index (χ4n) is 2.16. The minimum absolute atomic E-state index is 0.0744. The van der Waals surface area contributed by atoms with Crippen LogP contribution in [0.2, 0.25) is 0 Å². The van der Waals surface area contributed by atoms with Crippen LogP contribution in [0.3, 0.4) is 0 Å². The zero-order valence-corrected chi connectivity index (χ0v) is 15.1. The van der Waals surface area contributed by atoms with Gasteiger partial charge < -0.3 is 10.2 Å². The van der Waals surface area contributed by atoms with Crippen molar-refractivity contribution >= 4 is 21.6 Å². The quantitative estimate of drug-likeness (QED) is 0.737. The Labute approximate surface area is 135 Å². The van der Waals surface area contributed by atoms with Gasteiger partial charge in [-0.1, -0.05) is 27.7 Å². The van der Waals surface area contributed by atoms with Gasteiger partial charge in [0.05, 0.1) is 11.9 Å². The number of nitrogens with one attached hydrogen (secondary N) is 1. The van der Waals surface area contributed by atoms with E-state index in [2.05, 4.69) is 58.9 Å². The molecule has 0 saturated carbocycles. The van der Waals surface area contributed by atoms with Gasteiger partial charge in [-0.2, -0.15) is 5.10 Å². The number of hydrogen-bond acceptors (Lipinski definition) is 4. The van der Waals surface area contributed by atoms with Gasteiger partial charge >= 0.3 is 0 Å². The molecule has 0 bridgehead atoms. The van der Waals surface area contributed by atoms with Crippen LogP contribution in [0.4, 0.5) is 5.69 Å². The third-order valence-electron chi connectivity index (χ3n) is 3.25. The molecule has 1 aromatic heterocycles. The van der Waals surface area contributed by atoms with Crippen molar-refractivity contribution in [1.29, 1.82) is 0 Å². The lowest BCUT2D eigenvalue weighted by Gasteiger charge is -2.20. The van der Waals surface area contributed by atoms with Crippen LogP contribution < -0.4 is 10.9 Å². The summed E-state index contributed by atoms with van der Waals surface area (Å²) in [5.74, 6) is 0.396. The Morgan fingerprint density at radius 3 is 2.67 bits per heavy atom. The van der Waals surface area contributed by atoms with Crippen molar-refractivity contribution in [2.45, 2.75) is 40.7 Å². The highest BCUT2D eigenvalue weighted by Crippen LogP contribution is 2.16. The van der Waals surface area contributed by atoms with Gasteiger partial charge in [0.1, 0.15) is 4.47 Å². The lowest BCUT2D eigenvalue weighted by atomic mass is 10.2. The summed E-state index contributed by atoms with van der Waals surface area (Å²) in [6, 6.07) is 0. The van der Waals surface area contributed by atoms with Gasteiger partial charge in [-0.15, -0.1) is 0 Å². The van der Waals surface area contributed by atoms with Crippen molar-refractivity contribution in [3.8, 4) is 0 Å². The molecule has 120 valence electrons. The molecule has 21 heavy (non-hydrogen) atoms. The number of hydrogen-bond donors (Lipinski definition) is 1. The van der Waals surface area contributed by atoms with Crippen molar-refractivity contribution in [3.63, 3.8) is 0 Å². The average Bonchev–Trinajstić information content (AvgIpc) is 2.45. The Bertz CT molecular complexity index is 487. The van der Waals surface area contributed by atoms with E-state index >= 15 is 0 Å². The van der Waals surface area contributed by atoms with Crippen LogP contribution in [0.1, 0.15) is 34.1 Å². The molecular formula is C15H27BrN4O. The minimum atomic E-state index is -0.0744. The van der Waals surface area contributed by atoms with E-state index in [1.54, 1.807) is 6.20 Å². The summed E-state index contributed by atoms with van der Waals surface area (Å²) in [5.41, 5.74) is 0.696. The largest absolute Gasteiger partial charge is 0.381 e. The van der Waals surface area contributed by atoms with Crippen molar-refractivity contribution in [1.82, 2.24) is 14.7 Å². The average molecular weight is 359 g/mol. The molecule has 0 atom stereocenters. The first-order chi connectivity index (χ1) is 9.99. The van der Waals surface area contributed by atoms with Gasteiger partial charge in [0.25, 0.3) is 5.56 Å². The highest BCUT2D eigenvalue weighted by Gasteiger charge is 2.10. The smallest absolute Gasteiger partial charge is 0.283 e. The van der Waals surface area contributed by atoms with E-state index in [4.69, 9.17) is 0 Å². The monoisotopic (exact) mass is 358 g/mol. The zero-order chi connectivity index (χ0) is 15.8. The van der Waals surface area contributed by atoms with Crippen LogP contribution >= 0.6 is 15.9 Å². The molecule has 0 amide bonds. The Balaban J connectivity index is 2.64. The second kappa shape index (κ2) is 9.20. The van der Waals surface area contributed by atoms with Gasteiger partial charge in [-0.05, 0) is 41.4 Å². The minimum Gasteiger partial charge on any atom is -0.381 e. The molecule has 0 aliphatic rings. The van der Waals surface area contributed by atoms with E-state index in [0.29, 0.717) is 16.9 Å². The summed E-state index contributed by atoms with van der Waals surface area (Å²) in [4.78, 5) is 14.6. The van der Waals surface area contributed by atoms with Gasteiger partial charge in [-0.25, -0.2) is 4.68 Å². The normalized spacial score (nSPS) is 11.4. The summed E-state index contributed by atoms with van der Waals surface area (Å²) >= 11 is 3.39. The maximum atomic E-state index is 12.2. The fraction of sp³-hybridized carbons (Fsp3) is 0.733. The van der Waals surface area contributed by atoms with Crippen molar-refractivity contribution in [3.05, 3.63) is 21.0 Å². The summed E-state index contributed by atoms with van der Waals surface area (Å²) in [6.07, 6.45) is 2.88. The summed E-state index contributed by atoms with van der Waals surface area (Å²) in [5, 5.41) is 7.52. The van der Waals surface area contributed by atoms with Crippen LogP contribution in [-0.4, -0.2) is 40.9 Å². The molecule has 6 heteroatoms. The van der Waals surface area contributed by atoms with Gasteiger partial charge in [0.15, 0.2) is 0 Å². The Hall–Kier alpha value is -0.880. The van der Waals surface area contributed by atoms with Gasteiger partial charge in [0, 0.05) is 19.6 Å². The fourth-order valence-corrected chi connectivity index (χ4v) is 2.60. The predicted molar refractivity (Wildman–Crippen MR) is 91.9 cm³/mol. The molecular weight excluding hydrogens is 332 g/mol. The van der Waals surface area contributed by atoms with Crippen molar-refractivity contribution < 1.29 is 0 Å². The van der Waals surface area contributed by atoms with E-state index < -0.39 is 0 Å². The van der Waals surface area contributed by atoms with Crippen LogP contribution in [0.25, 0.3) is 0 Å². The Morgan fingerprint density at radius 1 is 1.38 bits per heavy atom. The van der Waals surface area contributed by atoms with Gasteiger partial charge in [-0.3, -0.25) is 4.79 Å². The number of anilines is 1. The Morgan fingerprint density at radius 2 is 2.10 bits per heavy atom. The molecule has 0 fully saturated rings. The molecule has 0 aliphatic heterocycles. The molecule has 1 aromatic rings. The first kappa shape index (κ1) is 18.2. The first-order valence-electron chi connectivity index (χ1n) is 7.71. The molecule has 0 aliphatic carbocycles. The van der Waals surface area contributed by atoms with Crippen LogP contribution in [-0.2, 0) is 6.54 Å². The standard InChI is InChI=1S/C15H27BrN4O/c1-5-8-19(6-2)9-7-17-13-10-18-20(11-12(3)4)15(21)14(13)16/h10,12,17H,5-9,11H2,1-4H3. The summed E-state index contributed by atoms with van der Waals surface area (Å²) in [7, 11) is 0. The molecule has 0 radical (unpaired) electrons. The lowest BCUT2D eigenvalue weighted by Crippen LogP contribution is -2.31. The molecule has 0 spiro atoms. The molecule has 0 unspecified atom stereocenters. The van der Waals surface area contributed by atoms with E-state index in [0.717, 1.165) is 38.3 Å². The molecule has 5 nitrogen and oxygen atoms in total. The Kier molecular flexibility index (Phi) is 7.96. The predicted octanol–water partition coefficient (Wildman–Crippen LogP) is 2.81. The van der Waals surface area contributed by atoms with Crippen LogP contribution in [0, 0.1) is 5.92 Å². The molecule has 0 saturated heterocycles. The molecule has 1 heterocycles. The summed E-state index contributed by atoms with van der Waals surface area (Å²) in [6.45, 7) is 13.1. The maximum absolute atomic E-state index is 12.2. The third-order valence-corrected chi connectivity index (χ3v) is 4.02. The number of rotatable bonds is 9. The number of aromatic nitrogens is 2. The van der Waals surface area contributed by atoms with Crippen LogP contribution in [0.15, 0.2) is 15.5 Å². The number of likely N-dealkylation sites (N-methyl/N-ethyl adjacent to an activating group) is 1. The van der Waals surface area contributed by atoms with E-state index in [-0.39, 0.29) is 5.56 Å². The second-order valence-electron chi connectivity index (χ2n) is 5.61. The van der Waals surface area contributed by atoms with Crippen molar-refractivity contribution in [2.24, 2.45) is 5.92 Å². The highest BCUT2D eigenvalue weighted by molar-refractivity contribution is 9.10. The second-order valence-corrected chi connectivity index (χ2v) is 6.41. The van der Waals surface area contributed by atoms with E-state index in [1.807, 2.05) is 0 Å². The third kappa shape index (κ3) is 5.79. The number of halogens is 1. The lowest BCUT2D eigenvalue weighted by molar-refractivity contribution is 0.300. The van der Waals surface area contributed by atoms with E-state index in [1.165, 1.54) is 4.68 Å². The number of nitrogens with zero attached hydrogens (tertiary/aromatic N) is 3. The van der Waals surface area contributed by atoms with Gasteiger partial charge in [0.2, 0.25) is 0 Å². The first-order valence-corrected chi connectivity index (χ1v) is 8.50. The molecule has 1 rings (SSSR count).